The summed E-state index contributed by atoms with van der Waals surface area (Å²) in [6.45, 7) is 0.723. The van der Waals surface area contributed by atoms with Gasteiger partial charge in [-0.3, -0.25) is 4.79 Å². The third-order valence-corrected chi connectivity index (χ3v) is 4.56. The lowest BCUT2D eigenvalue weighted by atomic mass is 10.00. The first kappa shape index (κ1) is 17.1. The predicted molar refractivity (Wildman–Crippen MR) is 97.7 cm³/mol. The molecule has 1 N–H and O–H groups in total. The number of nitrogens with zero attached hydrogens (tertiary/aromatic N) is 3. The molecule has 138 valence electrons. The van der Waals surface area contributed by atoms with Crippen molar-refractivity contribution in [1.82, 2.24) is 14.5 Å². The minimum Gasteiger partial charge on any atom is -0.492 e. The molecule has 1 aliphatic rings. The van der Waals surface area contributed by atoms with E-state index in [1.807, 2.05) is 42.1 Å². The Morgan fingerprint density at radius 2 is 2.26 bits per heavy atom. The lowest BCUT2D eigenvalue weighted by Crippen LogP contribution is -2.07. The Morgan fingerprint density at radius 1 is 1.37 bits per heavy atom. The van der Waals surface area contributed by atoms with Crippen LogP contribution in [-0.2, 0) is 18.4 Å². The molecule has 7 nitrogen and oxygen atoms in total. The van der Waals surface area contributed by atoms with Crippen LogP contribution in [0.15, 0.2) is 48.9 Å². The van der Waals surface area contributed by atoms with Crippen molar-refractivity contribution in [2.45, 2.75) is 18.9 Å². The number of imidazole rings is 1. The van der Waals surface area contributed by atoms with E-state index in [2.05, 4.69) is 9.97 Å². The summed E-state index contributed by atoms with van der Waals surface area (Å²) in [5.74, 6) is 0.989. The summed E-state index contributed by atoms with van der Waals surface area (Å²) in [4.78, 5) is 19.6. The lowest BCUT2D eigenvalue weighted by Gasteiger charge is -2.09. The molecule has 0 aliphatic carbocycles. The summed E-state index contributed by atoms with van der Waals surface area (Å²) >= 11 is 0. The highest BCUT2D eigenvalue weighted by atomic mass is 16.5. The van der Waals surface area contributed by atoms with Gasteiger partial charge in [-0.2, -0.15) is 0 Å². The lowest BCUT2D eigenvalue weighted by molar-refractivity contribution is -0.137. The topological polar surface area (TPSA) is 86.5 Å². The van der Waals surface area contributed by atoms with E-state index < -0.39 is 5.97 Å². The predicted octanol–water partition coefficient (Wildman–Crippen LogP) is 3.01. The van der Waals surface area contributed by atoms with Gasteiger partial charge in [0.05, 0.1) is 13.0 Å². The van der Waals surface area contributed by atoms with Gasteiger partial charge in [-0.25, -0.2) is 9.97 Å². The molecule has 1 aliphatic heterocycles. The molecule has 3 aromatic rings. The number of carboxylic acid groups (broad SMARTS) is 1. The van der Waals surface area contributed by atoms with Gasteiger partial charge >= 0.3 is 5.97 Å². The van der Waals surface area contributed by atoms with Crippen molar-refractivity contribution in [1.29, 1.82) is 0 Å². The van der Waals surface area contributed by atoms with Crippen LogP contribution < -0.4 is 9.47 Å². The number of ether oxygens (including phenoxy) is 2. The molecule has 1 unspecified atom stereocenters. The smallest absolute Gasteiger partial charge is 0.304 e. The Morgan fingerprint density at radius 3 is 3.04 bits per heavy atom. The molecule has 3 heterocycles. The Labute approximate surface area is 156 Å². The molecule has 2 aromatic heterocycles. The molecular weight excluding hydrogens is 346 g/mol. The summed E-state index contributed by atoms with van der Waals surface area (Å²) in [7, 11) is 1.96. The fraction of sp³-hybridized carbons (Fsp3) is 0.250. The minimum absolute atomic E-state index is 0.0366. The van der Waals surface area contributed by atoms with Gasteiger partial charge in [0.2, 0.25) is 5.88 Å². The summed E-state index contributed by atoms with van der Waals surface area (Å²) in [5.41, 5.74) is 2.84. The highest BCUT2D eigenvalue weighted by molar-refractivity contribution is 5.68. The molecule has 1 aromatic carbocycles. The molecular formula is C20H19N3O4. The number of fused-ring (bicyclic) bond motifs is 1. The molecule has 1 atom stereocenters. The molecule has 4 rings (SSSR count). The maximum atomic E-state index is 10.9. The van der Waals surface area contributed by atoms with E-state index in [9.17, 15) is 4.79 Å². The molecule has 0 saturated heterocycles. The van der Waals surface area contributed by atoms with Crippen LogP contribution in [0.3, 0.4) is 0 Å². The molecule has 0 bridgehead atoms. The number of pyridine rings is 1. The van der Waals surface area contributed by atoms with Crippen molar-refractivity contribution in [2.24, 2.45) is 7.05 Å². The fourth-order valence-corrected chi connectivity index (χ4v) is 3.20. The minimum atomic E-state index is -0.843. The van der Waals surface area contributed by atoms with E-state index >= 15 is 0 Å². The number of benzene rings is 1. The molecule has 0 saturated carbocycles. The highest BCUT2D eigenvalue weighted by Crippen LogP contribution is 2.37. The Balaban J connectivity index is 1.46. The van der Waals surface area contributed by atoms with Gasteiger partial charge in [-0.15, -0.1) is 0 Å². The van der Waals surface area contributed by atoms with Gasteiger partial charge in [-0.05, 0) is 11.6 Å². The number of aromatic nitrogens is 3. The number of carboxylic acids is 1. The van der Waals surface area contributed by atoms with Gasteiger partial charge in [-0.1, -0.05) is 18.2 Å². The molecule has 0 fully saturated rings. The van der Waals surface area contributed by atoms with Gasteiger partial charge in [0.15, 0.2) is 0 Å². The van der Waals surface area contributed by atoms with Crippen LogP contribution in [0.1, 0.15) is 23.5 Å². The van der Waals surface area contributed by atoms with E-state index in [-0.39, 0.29) is 12.3 Å². The summed E-state index contributed by atoms with van der Waals surface area (Å²) in [6, 6.07) is 9.72. The van der Waals surface area contributed by atoms with Crippen molar-refractivity contribution in [3.8, 4) is 23.0 Å². The zero-order valence-corrected chi connectivity index (χ0v) is 14.8. The molecule has 0 amide bonds. The van der Waals surface area contributed by atoms with Crippen LogP contribution in [0.25, 0.3) is 11.4 Å². The van der Waals surface area contributed by atoms with Gasteiger partial charge in [0.25, 0.3) is 0 Å². The van der Waals surface area contributed by atoms with Crippen molar-refractivity contribution in [3.05, 3.63) is 60.0 Å². The number of carbonyl (C=O) groups is 1. The van der Waals surface area contributed by atoms with Crippen LogP contribution >= 0.6 is 0 Å². The number of rotatable bonds is 6. The summed E-state index contributed by atoms with van der Waals surface area (Å²) in [6.07, 6.45) is 5.36. The zero-order valence-electron chi connectivity index (χ0n) is 14.8. The fourth-order valence-electron chi connectivity index (χ4n) is 3.20. The summed E-state index contributed by atoms with van der Waals surface area (Å²) in [5, 5.41) is 8.97. The van der Waals surface area contributed by atoms with Crippen molar-refractivity contribution < 1.29 is 19.4 Å². The largest absolute Gasteiger partial charge is 0.492 e. The van der Waals surface area contributed by atoms with Crippen LogP contribution in [0.5, 0.6) is 11.6 Å². The van der Waals surface area contributed by atoms with E-state index in [4.69, 9.17) is 14.6 Å². The first-order valence-electron chi connectivity index (χ1n) is 8.64. The third kappa shape index (κ3) is 3.62. The molecule has 7 heteroatoms. The first-order valence-corrected chi connectivity index (χ1v) is 8.64. The SMILES string of the molecule is Cn1ccnc1-c1cccc(COc2cc3c(cn2)C(CC(=O)O)CO3)c1. The third-order valence-electron chi connectivity index (χ3n) is 4.56. The van der Waals surface area contributed by atoms with Crippen molar-refractivity contribution in [2.75, 3.05) is 6.61 Å². The Bertz CT molecular complexity index is 983. The van der Waals surface area contributed by atoms with E-state index in [1.165, 1.54) is 0 Å². The average molecular weight is 365 g/mol. The van der Waals surface area contributed by atoms with Crippen molar-refractivity contribution in [3.63, 3.8) is 0 Å². The van der Waals surface area contributed by atoms with Crippen LogP contribution in [0, 0.1) is 0 Å². The van der Waals surface area contributed by atoms with Gasteiger partial charge in [0.1, 0.15) is 18.2 Å². The number of aryl methyl sites for hydroxylation is 1. The second kappa shape index (κ2) is 7.11. The van der Waals surface area contributed by atoms with Gasteiger partial charge < -0.3 is 19.1 Å². The maximum absolute atomic E-state index is 10.9. The second-order valence-electron chi connectivity index (χ2n) is 6.52. The van der Waals surface area contributed by atoms with Gasteiger partial charge in [0, 0.05) is 48.7 Å². The molecule has 27 heavy (non-hydrogen) atoms. The van der Waals surface area contributed by atoms with E-state index in [1.54, 1.807) is 18.5 Å². The Hall–Kier alpha value is -3.35. The second-order valence-corrected chi connectivity index (χ2v) is 6.52. The zero-order chi connectivity index (χ0) is 18.8. The first-order chi connectivity index (χ1) is 13.1. The quantitative estimate of drug-likeness (QED) is 0.723. The number of aliphatic carboxylic acids is 1. The number of hydrogen-bond acceptors (Lipinski definition) is 5. The van der Waals surface area contributed by atoms with Crippen LogP contribution in [0.4, 0.5) is 0 Å². The highest BCUT2D eigenvalue weighted by Gasteiger charge is 2.27. The Kier molecular flexibility index (Phi) is 4.50. The molecule has 0 spiro atoms. The summed E-state index contributed by atoms with van der Waals surface area (Å²) < 4.78 is 13.4. The van der Waals surface area contributed by atoms with E-state index in [0.717, 1.165) is 22.5 Å². The standard InChI is InChI=1S/C20H19N3O4/c1-23-6-5-21-20(23)14-4-2-3-13(7-14)11-27-18-9-17-16(10-22-18)15(12-26-17)8-19(24)25/h2-7,9-10,15H,8,11-12H2,1H3,(H,24,25). The van der Waals surface area contributed by atoms with Crippen LogP contribution in [0.2, 0.25) is 0 Å². The average Bonchev–Trinajstić information content (AvgIpc) is 3.26. The normalized spacial score (nSPS) is 15.2. The van der Waals surface area contributed by atoms with Crippen molar-refractivity contribution >= 4 is 5.97 Å². The van der Waals surface area contributed by atoms with E-state index in [0.29, 0.717) is 24.8 Å². The number of hydrogen-bond donors (Lipinski definition) is 1. The van der Waals surface area contributed by atoms with Crippen LogP contribution in [-0.4, -0.2) is 32.2 Å². The maximum Gasteiger partial charge on any atom is 0.304 e. The molecule has 0 radical (unpaired) electrons. The monoisotopic (exact) mass is 365 g/mol.